The molecule has 3 rings (SSSR count). The van der Waals surface area contributed by atoms with Crippen LogP contribution in [-0.4, -0.2) is 12.6 Å². The molecule has 0 heterocycles. The lowest BCUT2D eigenvalue weighted by Crippen LogP contribution is -2.17. The van der Waals surface area contributed by atoms with E-state index in [2.05, 4.69) is 47.1 Å². The summed E-state index contributed by atoms with van der Waals surface area (Å²) in [6, 6.07) is 21.5. The minimum atomic E-state index is -0.447. The van der Waals surface area contributed by atoms with E-state index in [1.54, 1.807) is 6.07 Å². The third kappa shape index (κ3) is 4.73. The SMILES string of the molecule is Cc1ccc(-c2ccc(OCC(=O)Oc3ccc(C)cc3Br)cc2)cc1. The van der Waals surface area contributed by atoms with Crippen molar-refractivity contribution in [2.75, 3.05) is 6.61 Å². The number of esters is 1. The number of benzene rings is 3. The van der Waals surface area contributed by atoms with Crippen LogP contribution in [-0.2, 0) is 4.79 Å². The van der Waals surface area contributed by atoms with Gasteiger partial charge < -0.3 is 9.47 Å². The zero-order valence-corrected chi connectivity index (χ0v) is 16.2. The zero-order valence-electron chi connectivity index (χ0n) is 14.7. The molecule has 3 aromatic carbocycles. The number of carbonyl (C=O) groups is 1. The van der Waals surface area contributed by atoms with Crippen LogP contribution in [0.25, 0.3) is 11.1 Å². The summed E-state index contributed by atoms with van der Waals surface area (Å²) < 4.78 is 11.6. The average molecular weight is 411 g/mol. The lowest BCUT2D eigenvalue weighted by molar-refractivity contribution is -0.136. The maximum atomic E-state index is 12.0. The molecule has 0 saturated heterocycles. The molecule has 3 nitrogen and oxygen atoms in total. The van der Waals surface area contributed by atoms with Crippen molar-refractivity contribution in [3.05, 3.63) is 82.3 Å². The lowest BCUT2D eigenvalue weighted by atomic mass is 10.0. The molecule has 26 heavy (non-hydrogen) atoms. The van der Waals surface area contributed by atoms with Gasteiger partial charge in [-0.1, -0.05) is 48.0 Å². The van der Waals surface area contributed by atoms with Gasteiger partial charge in [-0.2, -0.15) is 0 Å². The van der Waals surface area contributed by atoms with E-state index in [1.165, 1.54) is 5.56 Å². The number of halogens is 1. The summed E-state index contributed by atoms with van der Waals surface area (Å²) in [5, 5.41) is 0. The Kier molecular flexibility index (Phi) is 5.74. The first-order valence-electron chi connectivity index (χ1n) is 8.28. The predicted molar refractivity (Wildman–Crippen MR) is 107 cm³/mol. The number of carbonyl (C=O) groups excluding carboxylic acids is 1. The molecular weight excluding hydrogens is 392 g/mol. The van der Waals surface area contributed by atoms with Crippen molar-refractivity contribution in [1.82, 2.24) is 0 Å². The highest BCUT2D eigenvalue weighted by Crippen LogP contribution is 2.26. The second-order valence-electron chi connectivity index (χ2n) is 6.09. The summed E-state index contributed by atoms with van der Waals surface area (Å²) >= 11 is 3.39. The third-order valence-electron chi connectivity index (χ3n) is 3.91. The molecule has 0 fully saturated rings. The van der Waals surface area contributed by atoms with Crippen LogP contribution in [0, 0.1) is 13.8 Å². The van der Waals surface area contributed by atoms with Gasteiger partial charge in [-0.15, -0.1) is 0 Å². The van der Waals surface area contributed by atoms with E-state index in [1.807, 2.05) is 43.3 Å². The fraction of sp³-hybridized carbons (Fsp3) is 0.136. The van der Waals surface area contributed by atoms with Gasteiger partial charge in [0, 0.05) is 0 Å². The molecule has 0 radical (unpaired) electrons. The van der Waals surface area contributed by atoms with Crippen LogP contribution >= 0.6 is 15.9 Å². The Balaban J connectivity index is 1.57. The van der Waals surface area contributed by atoms with E-state index in [0.717, 1.165) is 21.2 Å². The van der Waals surface area contributed by atoms with Gasteiger partial charge in [0.25, 0.3) is 0 Å². The van der Waals surface area contributed by atoms with Gasteiger partial charge in [-0.3, -0.25) is 0 Å². The maximum Gasteiger partial charge on any atom is 0.349 e. The number of rotatable bonds is 5. The molecule has 0 aliphatic rings. The Labute approximate surface area is 161 Å². The fourth-order valence-corrected chi connectivity index (χ4v) is 3.05. The fourth-order valence-electron chi connectivity index (χ4n) is 2.47. The summed E-state index contributed by atoms with van der Waals surface area (Å²) in [4.78, 5) is 12.0. The van der Waals surface area contributed by atoms with E-state index in [-0.39, 0.29) is 6.61 Å². The van der Waals surface area contributed by atoms with Crippen molar-refractivity contribution in [3.63, 3.8) is 0 Å². The van der Waals surface area contributed by atoms with Gasteiger partial charge >= 0.3 is 5.97 Å². The Morgan fingerprint density at radius 3 is 2.04 bits per heavy atom. The average Bonchev–Trinajstić information content (AvgIpc) is 2.63. The van der Waals surface area contributed by atoms with Crippen LogP contribution < -0.4 is 9.47 Å². The van der Waals surface area contributed by atoms with Crippen LogP contribution in [0.3, 0.4) is 0 Å². The lowest BCUT2D eigenvalue weighted by Gasteiger charge is -2.09. The van der Waals surface area contributed by atoms with Crippen LogP contribution in [0.5, 0.6) is 11.5 Å². The Morgan fingerprint density at radius 2 is 1.42 bits per heavy atom. The van der Waals surface area contributed by atoms with Gasteiger partial charge in [0.1, 0.15) is 11.5 Å². The first-order chi connectivity index (χ1) is 12.5. The second-order valence-corrected chi connectivity index (χ2v) is 6.94. The monoisotopic (exact) mass is 410 g/mol. The van der Waals surface area contributed by atoms with Crippen molar-refractivity contribution >= 4 is 21.9 Å². The van der Waals surface area contributed by atoms with Crippen molar-refractivity contribution in [3.8, 4) is 22.6 Å². The van der Waals surface area contributed by atoms with Crippen LogP contribution in [0.4, 0.5) is 0 Å². The van der Waals surface area contributed by atoms with Gasteiger partial charge in [0.2, 0.25) is 0 Å². The molecule has 132 valence electrons. The number of hydrogen-bond acceptors (Lipinski definition) is 3. The van der Waals surface area contributed by atoms with Crippen molar-refractivity contribution < 1.29 is 14.3 Å². The molecule has 3 aromatic rings. The quantitative estimate of drug-likeness (QED) is 0.398. The highest BCUT2D eigenvalue weighted by Gasteiger charge is 2.09. The largest absolute Gasteiger partial charge is 0.482 e. The van der Waals surface area contributed by atoms with Crippen molar-refractivity contribution in [2.24, 2.45) is 0 Å². The minimum Gasteiger partial charge on any atom is -0.482 e. The molecule has 0 amide bonds. The molecule has 0 spiro atoms. The summed E-state index contributed by atoms with van der Waals surface area (Å²) in [7, 11) is 0. The van der Waals surface area contributed by atoms with E-state index in [9.17, 15) is 4.79 Å². The number of ether oxygens (including phenoxy) is 2. The zero-order chi connectivity index (χ0) is 18.5. The third-order valence-corrected chi connectivity index (χ3v) is 4.53. The molecule has 0 atom stereocenters. The van der Waals surface area contributed by atoms with E-state index < -0.39 is 5.97 Å². The Morgan fingerprint density at radius 1 is 0.846 bits per heavy atom. The Bertz CT molecular complexity index is 900. The van der Waals surface area contributed by atoms with E-state index >= 15 is 0 Å². The van der Waals surface area contributed by atoms with Gasteiger partial charge in [-0.25, -0.2) is 4.79 Å². The maximum absolute atomic E-state index is 12.0. The van der Waals surface area contributed by atoms with Crippen LogP contribution in [0.15, 0.2) is 71.2 Å². The molecule has 0 unspecified atom stereocenters. The Hall–Kier alpha value is -2.59. The molecule has 0 aliphatic carbocycles. The van der Waals surface area contributed by atoms with Gasteiger partial charge in [0.05, 0.1) is 4.47 Å². The topological polar surface area (TPSA) is 35.5 Å². The van der Waals surface area contributed by atoms with E-state index in [4.69, 9.17) is 9.47 Å². The predicted octanol–water partition coefficient (Wildman–Crippen LogP) is 5.72. The first-order valence-corrected chi connectivity index (χ1v) is 9.07. The molecular formula is C22H19BrO3. The molecule has 0 bridgehead atoms. The second kappa shape index (κ2) is 8.19. The van der Waals surface area contributed by atoms with Crippen LogP contribution in [0.1, 0.15) is 11.1 Å². The smallest absolute Gasteiger partial charge is 0.349 e. The van der Waals surface area contributed by atoms with E-state index in [0.29, 0.717) is 11.5 Å². The van der Waals surface area contributed by atoms with Gasteiger partial charge in [0.15, 0.2) is 6.61 Å². The molecule has 4 heteroatoms. The molecule has 0 aromatic heterocycles. The highest BCUT2D eigenvalue weighted by atomic mass is 79.9. The number of aryl methyl sites for hydroxylation is 2. The number of hydrogen-bond donors (Lipinski definition) is 0. The molecule has 0 N–H and O–H groups in total. The first kappa shape index (κ1) is 18.2. The standard InChI is InChI=1S/C22H19BrO3/c1-15-3-6-17(7-4-15)18-8-10-19(11-9-18)25-14-22(24)26-21-12-5-16(2)13-20(21)23/h3-13H,14H2,1-2H3. The molecule has 0 aliphatic heterocycles. The van der Waals surface area contributed by atoms with Crippen molar-refractivity contribution in [2.45, 2.75) is 13.8 Å². The highest BCUT2D eigenvalue weighted by molar-refractivity contribution is 9.10. The summed E-state index contributed by atoms with van der Waals surface area (Å²) in [6.07, 6.45) is 0. The summed E-state index contributed by atoms with van der Waals surface area (Å²) in [5.74, 6) is 0.664. The molecule has 0 saturated carbocycles. The van der Waals surface area contributed by atoms with Crippen molar-refractivity contribution in [1.29, 1.82) is 0 Å². The van der Waals surface area contributed by atoms with Crippen LogP contribution in [0.2, 0.25) is 0 Å². The normalized spacial score (nSPS) is 10.4. The minimum absolute atomic E-state index is 0.149. The van der Waals surface area contributed by atoms with Gasteiger partial charge in [-0.05, 0) is 70.7 Å². The summed E-state index contributed by atoms with van der Waals surface area (Å²) in [6.45, 7) is 3.89. The summed E-state index contributed by atoms with van der Waals surface area (Å²) in [5.41, 5.74) is 4.56.